The summed E-state index contributed by atoms with van der Waals surface area (Å²) in [5, 5.41) is 7.41. The van der Waals surface area contributed by atoms with Crippen LogP contribution in [0, 0.1) is 0 Å². The number of carbonyl (C=O) groups excluding carboxylic acids is 1. The molecule has 1 N–H and O–H groups in total. The van der Waals surface area contributed by atoms with E-state index in [9.17, 15) is 4.79 Å². The lowest BCUT2D eigenvalue weighted by molar-refractivity contribution is 0.0952. The minimum Gasteiger partial charge on any atom is -0.350 e. The molecule has 0 aliphatic carbocycles. The summed E-state index contributed by atoms with van der Waals surface area (Å²) in [5.74, 6) is -0.125. The van der Waals surface area contributed by atoms with Gasteiger partial charge in [0.1, 0.15) is 0 Å². The Bertz CT molecular complexity index is 496. The molecule has 0 fully saturated rings. The second-order valence-corrected chi connectivity index (χ2v) is 3.97. The van der Waals surface area contributed by atoms with E-state index in [1.165, 1.54) is 0 Å². The normalized spacial score (nSPS) is 10.2. The Balaban J connectivity index is 1.85. The van der Waals surface area contributed by atoms with E-state index >= 15 is 0 Å². The maximum Gasteiger partial charge on any atom is 0.251 e. The van der Waals surface area contributed by atoms with E-state index in [4.69, 9.17) is 11.6 Å². The van der Waals surface area contributed by atoms with Crippen LogP contribution in [-0.2, 0) is 6.54 Å². The molecule has 0 radical (unpaired) electrons. The average Bonchev–Trinajstić information content (AvgIpc) is 2.82. The highest BCUT2D eigenvalue weighted by atomic mass is 35.5. The summed E-state index contributed by atoms with van der Waals surface area (Å²) < 4.78 is 1.76. The lowest BCUT2D eigenvalue weighted by atomic mass is 10.2. The van der Waals surface area contributed by atoms with Gasteiger partial charge in [0.05, 0.1) is 6.54 Å². The summed E-state index contributed by atoms with van der Waals surface area (Å²) in [6.45, 7) is 1.19. The Kier molecular flexibility index (Phi) is 3.77. The second-order valence-electron chi connectivity index (χ2n) is 3.54. The summed E-state index contributed by atoms with van der Waals surface area (Å²) in [7, 11) is 0. The summed E-state index contributed by atoms with van der Waals surface area (Å²) in [6, 6.07) is 8.71. The number of hydrogen-bond donors (Lipinski definition) is 1. The zero-order valence-corrected chi connectivity index (χ0v) is 9.89. The van der Waals surface area contributed by atoms with Gasteiger partial charge in [-0.15, -0.1) is 0 Å². The van der Waals surface area contributed by atoms with Gasteiger partial charge in [-0.2, -0.15) is 5.10 Å². The smallest absolute Gasteiger partial charge is 0.251 e. The van der Waals surface area contributed by atoms with Crippen LogP contribution in [-0.4, -0.2) is 22.2 Å². The van der Waals surface area contributed by atoms with Crippen LogP contribution in [0.5, 0.6) is 0 Å². The first-order valence-corrected chi connectivity index (χ1v) is 5.65. The molecule has 0 unspecified atom stereocenters. The van der Waals surface area contributed by atoms with Crippen molar-refractivity contribution < 1.29 is 4.79 Å². The van der Waals surface area contributed by atoms with E-state index in [1.54, 1.807) is 35.1 Å². The Morgan fingerprint density at radius 3 is 3.00 bits per heavy atom. The fourth-order valence-corrected chi connectivity index (χ4v) is 1.64. The van der Waals surface area contributed by atoms with Gasteiger partial charge in [-0.25, -0.2) is 0 Å². The number of carbonyl (C=O) groups is 1. The minimum absolute atomic E-state index is 0.125. The number of benzene rings is 1. The van der Waals surface area contributed by atoms with Crippen LogP contribution in [0.4, 0.5) is 0 Å². The number of hydrogen-bond acceptors (Lipinski definition) is 2. The highest BCUT2D eigenvalue weighted by Crippen LogP contribution is 2.10. The van der Waals surface area contributed by atoms with Crippen LogP contribution in [0.2, 0.25) is 5.02 Å². The van der Waals surface area contributed by atoms with Gasteiger partial charge in [0.25, 0.3) is 5.91 Å². The number of aromatic nitrogens is 2. The Morgan fingerprint density at radius 1 is 1.41 bits per heavy atom. The van der Waals surface area contributed by atoms with E-state index in [1.807, 2.05) is 12.3 Å². The van der Waals surface area contributed by atoms with Gasteiger partial charge in [-0.05, 0) is 24.3 Å². The number of rotatable bonds is 4. The quantitative estimate of drug-likeness (QED) is 0.901. The standard InChI is InChI=1S/C12H12ClN3O/c13-11-4-1-3-10(9-11)12(17)14-6-8-16-7-2-5-15-16/h1-5,7,9H,6,8H2,(H,14,17). The SMILES string of the molecule is O=C(NCCn1cccn1)c1cccc(Cl)c1. The number of halogens is 1. The molecular formula is C12H12ClN3O. The molecule has 0 saturated carbocycles. The molecule has 4 nitrogen and oxygen atoms in total. The van der Waals surface area contributed by atoms with Crippen LogP contribution in [0.15, 0.2) is 42.7 Å². The van der Waals surface area contributed by atoms with Gasteiger partial charge in [-0.1, -0.05) is 17.7 Å². The molecule has 0 saturated heterocycles. The lowest BCUT2D eigenvalue weighted by Crippen LogP contribution is -2.27. The number of nitrogens with zero attached hydrogens (tertiary/aromatic N) is 2. The van der Waals surface area contributed by atoms with E-state index in [2.05, 4.69) is 10.4 Å². The van der Waals surface area contributed by atoms with E-state index in [0.717, 1.165) is 0 Å². The van der Waals surface area contributed by atoms with Crippen molar-refractivity contribution in [2.75, 3.05) is 6.54 Å². The van der Waals surface area contributed by atoms with E-state index < -0.39 is 0 Å². The number of amides is 1. The second kappa shape index (κ2) is 5.50. The summed E-state index contributed by atoms with van der Waals surface area (Å²) >= 11 is 5.81. The van der Waals surface area contributed by atoms with Gasteiger partial charge in [0, 0.05) is 29.5 Å². The van der Waals surface area contributed by atoms with Crippen molar-refractivity contribution in [1.29, 1.82) is 0 Å². The maximum absolute atomic E-state index is 11.7. The summed E-state index contributed by atoms with van der Waals surface area (Å²) in [4.78, 5) is 11.7. The zero-order chi connectivity index (χ0) is 12.1. The minimum atomic E-state index is -0.125. The average molecular weight is 250 g/mol. The predicted octanol–water partition coefficient (Wildman–Crippen LogP) is 1.97. The summed E-state index contributed by atoms with van der Waals surface area (Å²) in [6.07, 6.45) is 3.56. The van der Waals surface area contributed by atoms with Crippen molar-refractivity contribution >= 4 is 17.5 Å². The highest BCUT2D eigenvalue weighted by Gasteiger charge is 2.04. The Morgan fingerprint density at radius 2 is 2.29 bits per heavy atom. The largest absolute Gasteiger partial charge is 0.350 e. The van der Waals surface area contributed by atoms with Gasteiger partial charge in [-0.3, -0.25) is 9.48 Å². The lowest BCUT2D eigenvalue weighted by Gasteiger charge is -2.05. The van der Waals surface area contributed by atoms with Crippen LogP contribution in [0.3, 0.4) is 0 Å². The Hall–Kier alpha value is -1.81. The topological polar surface area (TPSA) is 46.9 Å². The van der Waals surface area contributed by atoms with E-state index in [0.29, 0.717) is 23.7 Å². The predicted molar refractivity (Wildman–Crippen MR) is 66.0 cm³/mol. The van der Waals surface area contributed by atoms with Crippen molar-refractivity contribution in [3.63, 3.8) is 0 Å². The molecule has 5 heteroatoms. The van der Waals surface area contributed by atoms with Gasteiger partial charge in [0.2, 0.25) is 0 Å². The molecule has 0 spiro atoms. The first-order valence-electron chi connectivity index (χ1n) is 5.27. The third-order valence-electron chi connectivity index (χ3n) is 2.27. The molecule has 17 heavy (non-hydrogen) atoms. The van der Waals surface area contributed by atoms with Gasteiger partial charge in [0.15, 0.2) is 0 Å². The fourth-order valence-electron chi connectivity index (χ4n) is 1.45. The maximum atomic E-state index is 11.7. The zero-order valence-electron chi connectivity index (χ0n) is 9.14. The third kappa shape index (κ3) is 3.32. The van der Waals surface area contributed by atoms with Crippen LogP contribution in [0.1, 0.15) is 10.4 Å². The van der Waals surface area contributed by atoms with Crippen molar-refractivity contribution in [2.45, 2.75) is 6.54 Å². The van der Waals surface area contributed by atoms with Crippen molar-refractivity contribution in [1.82, 2.24) is 15.1 Å². The monoisotopic (exact) mass is 249 g/mol. The van der Waals surface area contributed by atoms with Crippen molar-refractivity contribution in [3.8, 4) is 0 Å². The molecule has 2 aromatic rings. The number of nitrogens with one attached hydrogen (secondary N) is 1. The Labute approximate surface area is 104 Å². The molecule has 0 aliphatic rings. The molecule has 1 aromatic heterocycles. The molecular weight excluding hydrogens is 238 g/mol. The third-order valence-corrected chi connectivity index (χ3v) is 2.51. The molecule has 0 atom stereocenters. The van der Waals surface area contributed by atoms with E-state index in [-0.39, 0.29) is 5.91 Å². The van der Waals surface area contributed by atoms with Crippen LogP contribution in [0.25, 0.3) is 0 Å². The first-order chi connectivity index (χ1) is 8.25. The van der Waals surface area contributed by atoms with Crippen molar-refractivity contribution in [2.24, 2.45) is 0 Å². The molecule has 1 heterocycles. The fraction of sp³-hybridized carbons (Fsp3) is 0.167. The van der Waals surface area contributed by atoms with Gasteiger partial charge < -0.3 is 5.32 Å². The molecule has 1 aromatic carbocycles. The molecule has 0 bridgehead atoms. The molecule has 0 aliphatic heterocycles. The molecule has 1 amide bonds. The van der Waals surface area contributed by atoms with Crippen molar-refractivity contribution in [3.05, 3.63) is 53.3 Å². The van der Waals surface area contributed by atoms with Crippen LogP contribution < -0.4 is 5.32 Å². The highest BCUT2D eigenvalue weighted by molar-refractivity contribution is 6.30. The van der Waals surface area contributed by atoms with Crippen LogP contribution >= 0.6 is 11.6 Å². The first kappa shape index (κ1) is 11.7. The van der Waals surface area contributed by atoms with Gasteiger partial charge >= 0.3 is 0 Å². The summed E-state index contributed by atoms with van der Waals surface area (Å²) in [5.41, 5.74) is 0.568. The molecule has 2 rings (SSSR count). The molecule has 88 valence electrons.